The number of allylic oxidation sites excluding steroid dienone is 4. The molecule has 2 rings (SSSR count). The molecule has 0 spiro atoms. The van der Waals surface area contributed by atoms with E-state index in [1.807, 2.05) is 19.9 Å². The molecule has 2 atom stereocenters. The molecule has 2 aliphatic carbocycles. The number of ether oxygens (including phenoxy) is 1. The number of carbonyl (C=O) groups is 2. The second-order valence-corrected chi connectivity index (χ2v) is 7.23. The average molecular weight is 316 g/mol. The highest BCUT2D eigenvalue weighted by molar-refractivity contribution is 6.06. The first-order valence-corrected chi connectivity index (χ1v) is 8.53. The maximum atomic E-state index is 12.5. The van der Waals surface area contributed by atoms with Crippen molar-refractivity contribution in [3.05, 3.63) is 34.4 Å². The van der Waals surface area contributed by atoms with Crippen LogP contribution < -0.4 is 0 Å². The Morgan fingerprint density at radius 3 is 2.78 bits per heavy atom. The van der Waals surface area contributed by atoms with Crippen LogP contribution in [0.3, 0.4) is 0 Å². The van der Waals surface area contributed by atoms with Crippen LogP contribution in [0.5, 0.6) is 0 Å². The molecule has 0 aliphatic heterocycles. The van der Waals surface area contributed by atoms with Crippen LogP contribution in [0.2, 0.25) is 0 Å². The van der Waals surface area contributed by atoms with Crippen molar-refractivity contribution >= 4 is 11.8 Å². The summed E-state index contributed by atoms with van der Waals surface area (Å²) in [4.78, 5) is 24.3. The molecule has 0 aromatic rings. The summed E-state index contributed by atoms with van der Waals surface area (Å²) >= 11 is 0. The van der Waals surface area contributed by atoms with Gasteiger partial charge in [0.25, 0.3) is 0 Å². The van der Waals surface area contributed by atoms with E-state index in [-0.39, 0.29) is 23.8 Å². The number of hydrogen-bond acceptors (Lipinski definition) is 3. The van der Waals surface area contributed by atoms with Gasteiger partial charge >= 0.3 is 5.97 Å². The van der Waals surface area contributed by atoms with Crippen molar-refractivity contribution in [3.63, 3.8) is 0 Å². The minimum absolute atomic E-state index is 0.0754. The van der Waals surface area contributed by atoms with Gasteiger partial charge in [0, 0.05) is 11.1 Å². The van der Waals surface area contributed by atoms with Gasteiger partial charge < -0.3 is 4.74 Å². The number of hydrogen-bond donors (Lipinski definition) is 0. The van der Waals surface area contributed by atoms with Crippen LogP contribution in [0.25, 0.3) is 0 Å². The third kappa shape index (κ3) is 3.49. The Hall–Kier alpha value is -1.64. The molecule has 23 heavy (non-hydrogen) atoms. The lowest BCUT2D eigenvalue weighted by molar-refractivity contribution is -0.138. The topological polar surface area (TPSA) is 43.4 Å². The van der Waals surface area contributed by atoms with E-state index in [1.54, 1.807) is 13.0 Å². The van der Waals surface area contributed by atoms with Gasteiger partial charge in [-0.2, -0.15) is 0 Å². The lowest BCUT2D eigenvalue weighted by atomic mass is 9.59. The van der Waals surface area contributed by atoms with Crippen molar-refractivity contribution in [2.75, 3.05) is 6.61 Å². The summed E-state index contributed by atoms with van der Waals surface area (Å²) in [5.41, 5.74) is 3.68. The predicted molar refractivity (Wildman–Crippen MR) is 91.9 cm³/mol. The van der Waals surface area contributed by atoms with Gasteiger partial charge in [-0.15, -0.1) is 0 Å². The molecule has 0 aromatic carbocycles. The summed E-state index contributed by atoms with van der Waals surface area (Å²) in [6.45, 7) is 10.2. The third-order valence-corrected chi connectivity index (χ3v) is 5.74. The fourth-order valence-electron chi connectivity index (χ4n) is 3.60. The Morgan fingerprint density at radius 2 is 2.13 bits per heavy atom. The van der Waals surface area contributed by atoms with Gasteiger partial charge in [0.2, 0.25) is 0 Å². The van der Waals surface area contributed by atoms with Gasteiger partial charge in [0.1, 0.15) is 6.61 Å². The van der Waals surface area contributed by atoms with Crippen molar-refractivity contribution in [3.8, 4) is 0 Å². The summed E-state index contributed by atoms with van der Waals surface area (Å²) in [5, 5.41) is 0. The molecule has 0 N–H and O–H groups in total. The van der Waals surface area contributed by atoms with Crippen LogP contribution in [0, 0.1) is 11.3 Å². The van der Waals surface area contributed by atoms with E-state index in [9.17, 15) is 9.59 Å². The standard InChI is InChI=1S/C20H28O3/c1-6-13(2)19(22)23-12-14(3)17-11-20(5)15(4)8-7-9-16(20)10-18(17)21/h6,10,15H,7-9,11-12H2,1-5H3/b13-6-,17-14-/t15-,20+/m0/s1. The number of rotatable bonds is 3. The number of fused-ring (bicyclic) bond motifs is 1. The first-order chi connectivity index (χ1) is 10.8. The highest BCUT2D eigenvalue weighted by Gasteiger charge is 2.42. The molecule has 0 unspecified atom stereocenters. The Labute approximate surface area is 139 Å². The van der Waals surface area contributed by atoms with Crippen molar-refractivity contribution in [1.82, 2.24) is 0 Å². The summed E-state index contributed by atoms with van der Waals surface area (Å²) in [5.74, 6) is 0.360. The molecule has 0 radical (unpaired) electrons. The van der Waals surface area contributed by atoms with Gasteiger partial charge in [-0.25, -0.2) is 4.79 Å². The fourth-order valence-corrected chi connectivity index (χ4v) is 3.60. The average Bonchev–Trinajstić information content (AvgIpc) is 2.53. The molecule has 3 heteroatoms. The summed E-state index contributed by atoms with van der Waals surface area (Å²) in [6.07, 6.45) is 7.77. The molecule has 0 aromatic heterocycles. The van der Waals surface area contributed by atoms with Crippen LogP contribution in [0.4, 0.5) is 0 Å². The number of ketones is 1. The summed E-state index contributed by atoms with van der Waals surface area (Å²) in [7, 11) is 0. The van der Waals surface area contributed by atoms with Gasteiger partial charge in [-0.1, -0.05) is 25.5 Å². The highest BCUT2D eigenvalue weighted by atomic mass is 16.5. The van der Waals surface area contributed by atoms with Crippen molar-refractivity contribution < 1.29 is 14.3 Å². The van der Waals surface area contributed by atoms with Gasteiger partial charge in [-0.3, -0.25) is 4.79 Å². The molecule has 2 aliphatic rings. The second kappa shape index (κ2) is 6.86. The highest BCUT2D eigenvalue weighted by Crippen LogP contribution is 2.51. The Morgan fingerprint density at radius 1 is 1.43 bits per heavy atom. The maximum Gasteiger partial charge on any atom is 0.333 e. The molecular weight excluding hydrogens is 288 g/mol. The summed E-state index contributed by atoms with van der Waals surface area (Å²) < 4.78 is 5.32. The Bertz CT molecular complexity index is 606. The van der Waals surface area contributed by atoms with Gasteiger partial charge in [-0.05, 0) is 69.4 Å². The molecule has 1 saturated carbocycles. The summed E-state index contributed by atoms with van der Waals surface area (Å²) in [6, 6.07) is 0. The lowest BCUT2D eigenvalue weighted by Crippen LogP contribution is -2.36. The first-order valence-electron chi connectivity index (χ1n) is 8.53. The SMILES string of the molecule is C/C=C(/C)C(=O)OC/C(C)=C1/C[C@@]2(C)C(=CC1=O)CCC[C@@H]2C. The molecule has 0 bridgehead atoms. The monoisotopic (exact) mass is 316 g/mol. The van der Waals surface area contributed by atoms with Crippen LogP contribution in [0.1, 0.15) is 60.3 Å². The maximum absolute atomic E-state index is 12.5. The minimum Gasteiger partial charge on any atom is -0.458 e. The fraction of sp³-hybridized carbons (Fsp3) is 0.600. The van der Waals surface area contributed by atoms with Crippen LogP contribution in [-0.4, -0.2) is 18.4 Å². The van der Waals surface area contributed by atoms with Gasteiger partial charge in [0.05, 0.1) is 0 Å². The van der Waals surface area contributed by atoms with E-state index in [4.69, 9.17) is 4.74 Å². The normalized spacial score (nSPS) is 30.5. The van der Waals surface area contributed by atoms with Crippen molar-refractivity contribution in [2.24, 2.45) is 11.3 Å². The molecular formula is C20H28O3. The van der Waals surface area contributed by atoms with Crippen LogP contribution >= 0.6 is 0 Å². The molecule has 0 saturated heterocycles. The zero-order chi connectivity index (χ0) is 17.2. The quantitative estimate of drug-likeness (QED) is 0.567. The first kappa shape index (κ1) is 17.7. The smallest absolute Gasteiger partial charge is 0.333 e. The largest absolute Gasteiger partial charge is 0.458 e. The third-order valence-electron chi connectivity index (χ3n) is 5.74. The Balaban J connectivity index is 2.20. The molecule has 3 nitrogen and oxygen atoms in total. The predicted octanol–water partition coefficient (Wildman–Crippen LogP) is 4.54. The van der Waals surface area contributed by atoms with Crippen LogP contribution in [-0.2, 0) is 14.3 Å². The van der Waals surface area contributed by atoms with Crippen LogP contribution in [0.15, 0.2) is 34.4 Å². The minimum atomic E-state index is -0.316. The second-order valence-electron chi connectivity index (χ2n) is 7.23. The van der Waals surface area contributed by atoms with E-state index >= 15 is 0 Å². The van der Waals surface area contributed by atoms with E-state index in [0.717, 1.165) is 24.0 Å². The zero-order valence-corrected chi connectivity index (χ0v) is 15.0. The van der Waals surface area contributed by atoms with Gasteiger partial charge in [0.15, 0.2) is 5.78 Å². The van der Waals surface area contributed by atoms with E-state index in [2.05, 4.69) is 13.8 Å². The number of esters is 1. The zero-order valence-electron chi connectivity index (χ0n) is 15.0. The van der Waals surface area contributed by atoms with Crippen molar-refractivity contribution in [1.29, 1.82) is 0 Å². The van der Waals surface area contributed by atoms with E-state index in [1.165, 1.54) is 18.4 Å². The van der Waals surface area contributed by atoms with E-state index < -0.39 is 0 Å². The Kier molecular flexibility index (Phi) is 5.28. The lowest BCUT2D eigenvalue weighted by Gasteiger charge is -2.45. The molecule has 1 fully saturated rings. The molecule has 126 valence electrons. The van der Waals surface area contributed by atoms with E-state index in [0.29, 0.717) is 11.5 Å². The molecule has 0 amide bonds. The van der Waals surface area contributed by atoms with Crippen molar-refractivity contribution in [2.45, 2.75) is 60.3 Å². The number of carbonyl (C=O) groups excluding carboxylic acids is 2. The molecule has 0 heterocycles.